The van der Waals surface area contributed by atoms with E-state index in [0.29, 0.717) is 40.5 Å². The summed E-state index contributed by atoms with van der Waals surface area (Å²) in [5, 5.41) is 31.4. The van der Waals surface area contributed by atoms with Crippen LogP contribution in [-0.2, 0) is 35.2 Å². The zero-order valence-electron chi connectivity index (χ0n) is 27.6. The summed E-state index contributed by atoms with van der Waals surface area (Å²) >= 11 is 0. The second-order valence-corrected chi connectivity index (χ2v) is 12.4. The number of rotatable bonds is 12. The van der Waals surface area contributed by atoms with Crippen LogP contribution in [0.15, 0.2) is 95.4 Å². The lowest BCUT2D eigenvalue weighted by Crippen LogP contribution is -2.51. The smallest absolute Gasteiger partial charge is 0.377 e. The largest absolute Gasteiger partial charge is 0.479 e. The van der Waals surface area contributed by atoms with Crippen LogP contribution in [0.3, 0.4) is 0 Å². The molecule has 266 valence electrons. The molecule has 0 spiro atoms. The highest BCUT2D eigenvalue weighted by Crippen LogP contribution is 2.39. The first-order chi connectivity index (χ1) is 25.0. The molecule has 0 radical (unpaired) electrons. The van der Waals surface area contributed by atoms with E-state index >= 15 is 0 Å². The van der Waals surface area contributed by atoms with Crippen molar-refractivity contribution in [1.29, 1.82) is 0 Å². The molecule has 5 aromatic rings. The standard InChI is InChI=1S/C38H32N2O12/c1-21(26(25-15-16-29-30(18-25)49-20-48-29)9-6-12-31-39-27-10-4-5-11-28(27)50-31)40(19-22-13-14-23-7-2-3-8-24(23)17-22)34(41)32-33(35(42)43)52-38(51-32,36(44)45)37(46)47/h2-8,10-18,21,26,32-33H,9,19-20H2,1H3,(H,42,43)(H,44,45)(H,46,47)/b12-6+/t21-,26-,32-,33+/m0/s1. The number of nitrogens with zero attached hydrogens (tertiary/aromatic N) is 2. The van der Waals surface area contributed by atoms with Gasteiger partial charge in [0.1, 0.15) is 5.52 Å². The van der Waals surface area contributed by atoms with Gasteiger partial charge in [-0.15, -0.1) is 0 Å². The Hall–Kier alpha value is -6.25. The Bertz CT molecular complexity index is 2180. The summed E-state index contributed by atoms with van der Waals surface area (Å²) in [6.45, 7) is 1.71. The monoisotopic (exact) mass is 708 g/mol. The molecule has 0 saturated carbocycles. The molecule has 1 saturated heterocycles. The highest BCUT2D eigenvalue weighted by Gasteiger charge is 2.64. The van der Waals surface area contributed by atoms with E-state index in [4.69, 9.17) is 23.4 Å². The number of ether oxygens (including phenoxy) is 4. The average molecular weight is 709 g/mol. The predicted octanol–water partition coefficient (Wildman–Crippen LogP) is 5.05. The van der Waals surface area contributed by atoms with E-state index in [-0.39, 0.29) is 13.3 Å². The number of oxazole rings is 1. The van der Waals surface area contributed by atoms with Crippen molar-refractivity contribution in [3.63, 3.8) is 0 Å². The highest BCUT2D eigenvalue weighted by atomic mass is 16.8. The van der Waals surface area contributed by atoms with Gasteiger partial charge in [0.15, 0.2) is 29.3 Å². The van der Waals surface area contributed by atoms with Gasteiger partial charge in [0.05, 0.1) is 0 Å². The second kappa shape index (κ2) is 13.8. The Labute approximate surface area is 295 Å². The van der Waals surface area contributed by atoms with Crippen molar-refractivity contribution in [2.45, 2.75) is 49.8 Å². The van der Waals surface area contributed by atoms with E-state index in [1.807, 2.05) is 72.8 Å². The van der Waals surface area contributed by atoms with Crippen molar-refractivity contribution >= 4 is 51.8 Å². The summed E-state index contributed by atoms with van der Waals surface area (Å²) < 4.78 is 27.3. The first-order valence-corrected chi connectivity index (χ1v) is 16.3. The molecule has 52 heavy (non-hydrogen) atoms. The van der Waals surface area contributed by atoms with E-state index in [1.165, 1.54) is 4.90 Å². The summed E-state index contributed by atoms with van der Waals surface area (Å²) in [6.07, 6.45) is -0.511. The van der Waals surface area contributed by atoms with Crippen LogP contribution < -0.4 is 9.47 Å². The number of hydrogen-bond acceptors (Lipinski definition) is 10. The van der Waals surface area contributed by atoms with Gasteiger partial charge in [-0.25, -0.2) is 19.4 Å². The molecule has 0 bridgehead atoms. The van der Waals surface area contributed by atoms with E-state index in [1.54, 1.807) is 31.2 Å². The van der Waals surface area contributed by atoms with Crippen LogP contribution in [0, 0.1) is 0 Å². The van der Waals surface area contributed by atoms with Gasteiger partial charge >= 0.3 is 23.7 Å². The quantitative estimate of drug-likeness (QED) is 0.146. The maximum atomic E-state index is 14.6. The minimum absolute atomic E-state index is 0.0354. The van der Waals surface area contributed by atoms with Gasteiger partial charge in [-0.1, -0.05) is 60.7 Å². The van der Waals surface area contributed by atoms with Gasteiger partial charge in [0.2, 0.25) is 12.7 Å². The lowest BCUT2D eigenvalue weighted by Gasteiger charge is -2.36. The SMILES string of the molecule is C[C@@H]([C@H](C/C=C/c1nc2ccccc2o1)c1ccc2c(c1)OCO2)N(Cc1ccc2ccccc2c1)C(=O)[C@H]1OC(C(=O)O)(C(=O)O)O[C@H]1C(=O)O. The molecule has 0 aliphatic carbocycles. The fourth-order valence-corrected chi connectivity index (χ4v) is 6.53. The van der Waals surface area contributed by atoms with Crippen LogP contribution in [0.1, 0.15) is 36.3 Å². The number of benzene rings is 4. The number of amides is 1. The van der Waals surface area contributed by atoms with Crippen molar-refractivity contribution in [2.75, 3.05) is 6.79 Å². The third-order valence-corrected chi connectivity index (χ3v) is 9.22. The maximum Gasteiger partial charge on any atom is 0.377 e. The van der Waals surface area contributed by atoms with E-state index < -0.39 is 53.8 Å². The number of allylic oxidation sites excluding steroid dienone is 1. The van der Waals surface area contributed by atoms with Crippen LogP contribution in [-0.4, -0.2) is 79.8 Å². The minimum Gasteiger partial charge on any atom is -0.479 e. The van der Waals surface area contributed by atoms with Crippen molar-refractivity contribution in [1.82, 2.24) is 9.88 Å². The molecule has 1 fully saturated rings. The average Bonchev–Trinajstić information content (AvgIpc) is 3.89. The number of carbonyl (C=O) groups excluding carboxylic acids is 1. The Morgan fingerprint density at radius 1 is 0.865 bits per heavy atom. The predicted molar refractivity (Wildman–Crippen MR) is 182 cm³/mol. The molecule has 1 aromatic heterocycles. The molecule has 3 heterocycles. The Kier molecular flexibility index (Phi) is 9.09. The fourth-order valence-electron chi connectivity index (χ4n) is 6.53. The van der Waals surface area contributed by atoms with Crippen LogP contribution in [0.5, 0.6) is 11.5 Å². The number of aromatic nitrogens is 1. The lowest BCUT2D eigenvalue weighted by molar-refractivity contribution is -0.221. The van der Waals surface area contributed by atoms with Crippen molar-refractivity contribution in [3.05, 3.63) is 108 Å². The highest BCUT2D eigenvalue weighted by molar-refractivity contribution is 6.02. The summed E-state index contributed by atoms with van der Waals surface area (Å²) in [6, 6.07) is 25.1. The first-order valence-electron chi connectivity index (χ1n) is 16.3. The van der Waals surface area contributed by atoms with Gasteiger partial charge in [-0.05, 0) is 71.7 Å². The first kappa shape index (κ1) is 34.2. The molecule has 4 atom stereocenters. The summed E-state index contributed by atoms with van der Waals surface area (Å²) in [5.74, 6) is -9.50. The number of carboxylic acid groups (broad SMARTS) is 3. The topological polar surface area (TPSA) is 195 Å². The van der Waals surface area contributed by atoms with Crippen LogP contribution >= 0.6 is 0 Å². The van der Waals surface area contributed by atoms with Gasteiger partial charge in [0.25, 0.3) is 5.91 Å². The molecular weight excluding hydrogens is 676 g/mol. The van der Waals surface area contributed by atoms with Crippen LogP contribution in [0.2, 0.25) is 0 Å². The van der Waals surface area contributed by atoms with Gasteiger partial charge in [0, 0.05) is 18.5 Å². The van der Waals surface area contributed by atoms with Gasteiger partial charge in [-0.3, -0.25) is 4.79 Å². The Morgan fingerprint density at radius 3 is 2.33 bits per heavy atom. The lowest BCUT2D eigenvalue weighted by atomic mass is 9.87. The molecule has 7 rings (SSSR count). The minimum atomic E-state index is -3.42. The maximum absolute atomic E-state index is 14.6. The number of para-hydroxylation sites is 2. The van der Waals surface area contributed by atoms with Crippen molar-refractivity contribution in [2.24, 2.45) is 0 Å². The van der Waals surface area contributed by atoms with Gasteiger partial charge in [-0.2, -0.15) is 0 Å². The summed E-state index contributed by atoms with van der Waals surface area (Å²) in [5.41, 5.74) is 2.69. The van der Waals surface area contributed by atoms with E-state index in [2.05, 4.69) is 4.98 Å². The Morgan fingerprint density at radius 2 is 1.58 bits per heavy atom. The van der Waals surface area contributed by atoms with Crippen molar-refractivity contribution < 1.29 is 57.9 Å². The molecule has 4 aromatic carbocycles. The molecule has 2 aliphatic rings. The molecule has 14 nitrogen and oxygen atoms in total. The summed E-state index contributed by atoms with van der Waals surface area (Å²) in [4.78, 5) is 57.0. The zero-order valence-corrected chi connectivity index (χ0v) is 27.6. The normalized spacial score (nSPS) is 18.8. The van der Waals surface area contributed by atoms with Gasteiger partial charge < -0.3 is 43.6 Å². The molecule has 1 amide bonds. The molecule has 3 N–H and O–H groups in total. The third kappa shape index (κ3) is 6.40. The van der Waals surface area contributed by atoms with Crippen LogP contribution in [0.4, 0.5) is 0 Å². The molecular formula is C38H32N2O12. The number of hydrogen-bond donors (Lipinski definition) is 3. The van der Waals surface area contributed by atoms with Crippen molar-refractivity contribution in [3.8, 4) is 11.5 Å². The Balaban J connectivity index is 1.29. The summed E-state index contributed by atoms with van der Waals surface area (Å²) in [7, 11) is 0. The zero-order chi connectivity index (χ0) is 36.6. The molecule has 2 aliphatic heterocycles. The fraction of sp³-hybridized carbons (Fsp3) is 0.237. The number of aliphatic carboxylic acids is 3. The number of fused-ring (bicyclic) bond motifs is 3. The third-order valence-electron chi connectivity index (χ3n) is 9.22. The number of carboxylic acids is 3. The molecule has 14 heteroatoms. The molecule has 0 unspecified atom stereocenters. The van der Waals surface area contributed by atoms with Crippen LogP contribution in [0.25, 0.3) is 27.9 Å². The van der Waals surface area contributed by atoms with E-state index in [9.17, 15) is 34.5 Å². The number of carbonyl (C=O) groups is 4. The second-order valence-electron chi connectivity index (χ2n) is 12.4. The van der Waals surface area contributed by atoms with E-state index in [0.717, 1.165) is 16.3 Å².